The lowest BCUT2D eigenvalue weighted by Gasteiger charge is -2.27. The van der Waals surface area contributed by atoms with Crippen molar-refractivity contribution in [3.8, 4) is 0 Å². The van der Waals surface area contributed by atoms with Gasteiger partial charge in [-0.3, -0.25) is 0 Å². The molecule has 0 aromatic heterocycles. The van der Waals surface area contributed by atoms with E-state index in [1.807, 2.05) is 19.9 Å². The largest absolute Gasteiger partial charge is 0.328 e. The third-order valence-electron chi connectivity index (χ3n) is 2.85. The number of benzene rings is 1. The van der Waals surface area contributed by atoms with Crippen LogP contribution < -0.4 is 5.73 Å². The van der Waals surface area contributed by atoms with Crippen LogP contribution in [0.3, 0.4) is 0 Å². The van der Waals surface area contributed by atoms with E-state index in [0.29, 0.717) is 0 Å². The number of nitrogens with two attached hydrogens (primary N) is 1. The molecular weight excluding hydrogens is 201 g/mol. The van der Waals surface area contributed by atoms with Crippen molar-refractivity contribution >= 4 is 0 Å². The first-order chi connectivity index (χ1) is 7.30. The molecule has 2 heteroatoms. The monoisotopic (exact) mass is 223 g/mol. The van der Waals surface area contributed by atoms with Gasteiger partial charge in [-0.25, -0.2) is 4.39 Å². The van der Waals surface area contributed by atoms with Crippen LogP contribution in [0.2, 0.25) is 0 Å². The van der Waals surface area contributed by atoms with E-state index in [1.165, 1.54) is 6.07 Å². The Morgan fingerprint density at radius 1 is 1.38 bits per heavy atom. The Labute approximate surface area is 97.9 Å². The summed E-state index contributed by atoms with van der Waals surface area (Å²) in [6.45, 7) is 8.40. The predicted molar refractivity (Wildman–Crippen MR) is 66.9 cm³/mol. The fraction of sp³-hybridized carbons (Fsp3) is 0.571. The predicted octanol–water partition coefficient (Wildman–Crippen LogP) is 3.44. The van der Waals surface area contributed by atoms with Gasteiger partial charge in [-0.15, -0.1) is 0 Å². The zero-order chi connectivity index (χ0) is 12.3. The van der Waals surface area contributed by atoms with Gasteiger partial charge in [0, 0.05) is 6.04 Å². The summed E-state index contributed by atoms with van der Waals surface area (Å²) < 4.78 is 13.2. The molecule has 1 nitrogen and oxygen atoms in total. The Kier molecular flexibility index (Phi) is 4.09. The summed E-state index contributed by atoms with van der Waals surface area (Å²) in [5.41, 5.74) is 8.18. The van der Waals surface area contributed by atoms with Crippen LogP contribution in [0, 0.1) is 18.2 Å². The van der Waals surface area contributed by atoms with Crippen LogP contribution in [0.15, 0.2) is 18.2 Å². The lowest BCUT2D eigenvalue weighted by atomic mass is 9.79. The van der Waals surface area contributed by atoms with Crippen LogP contribution >= 0.6 is 0 Å². The second-order valence-corrected chi connectivity index (χ2v) is 5.59. The Bertz CT molecular complexity index is 356. The molecule has 0 radical (unpaired) electrons. The number of aryl methyl sites for hydroxylation is 1. The normalized spacial score (nSPS) is 13.9. The minimum Gasteiger partial charge on any atom is -0.328 e. The third kappa shape index (κ3) is 3.93. The average molecular weight is 223 g/mol. The molecule has 0 aliphatic heterocycles. The van der Waals surface area contributed by atoms with E-state index in [1.54, 1.807) is 6.07 Å². The maximum absolute atomic E-state index is 13.2. The fourth-order valence-electron chi connectivity index (χ4n) is 2.29. The van der Waals surface area contributed by atoms with Gasteiger partial charge in [-0.1, -0.05) is 19.9 Å². The molecule has 1 aromatic carbocycles. The highest BCUT2D eigenvalue weighted by atomic mass is 19.1. The van der Waals surface area contributed by atoms with Crippen molar-refractivity contribution in [3.63, 3.8) is 0 Å². The maximum atomic E-state index is 13.2. The molecule has 0 aliphatic carbocycles. The molecular formula is C14H22FN. The quantitative estimate of drug-likeness (QED) is 0.831. The summed E-state index contributed by atoms with van der Waals surface area (Å²) in [6.07, 6.45) is 1.82. The highest BCUT2D eigenvalue weighted by Crippen LogP contribution is 2.28. The van der Waals surface area contributed by atoms with Gasteiger partial charge in [0.25, 0.3) is 0 Å². The topological polar surface area (TPSA) is 26.0 Å². The minimum atomic E-state index is -0.155. The molecule has 90 valence electrons. The van der Waals surface area contributed by atoms with Crippen LogP contribution in [-0.2, 0) is 6.42 Å². The van der Waals surface area contributed by atoms with Crippen molar-refractivity contribution in [1.82, 2.24) is 0 Å². The third-order valence-corrected chi connectivity index (χ3v) is 2.85. The Balaban J connectivity index is 2.82. The molecule has 1 unspecified atom stereocenters. The van der Waals surface area contributed by atoms with Crippen LogP contribution in [-0.4, -0.2) is 6.04 Å². The fourth-order valence-corrected chi connectivity index (χ4v) is 2.29. The lowest BCUT2D eigenvalue weighted by molar-refractivity contribution is 0.308. The standard InChI is InChI=1S/C14H22FN/c1-10-5-6-13(15)7-12(10)9-14(3,4)8-11(2)16/h5-7,11H,8-9,16H2,1-4H3. The summed E-state index contributed by atoms with van der Waals surface area (Å²) in [4.78, 5) is 0. The van der Waals surface area contributed by atoms with E-state index < -0.39 is 0 Å². The molecule has 0 saturated carbocycles. The van der Waals surface area contributed by atoms with E-state index >= 15 is 0 Å². The summed E-state index contributed by atoms with van der Waals surface area (Å²) in [5.74, 6) is -0.155. The number of hydrogen-bond acceptors (Lipinski definition) is 1. The average Bonchev–Trinajstić information content (AvgIpc) is 2.08. The van der Waals surface area contributed by atoms with Gasteiger partial charge in [0.2, 0.25) is 0 Å². The van der Waals surface area contributed by atoms with Gasteiger partial charge >= 0.3 is 0 Å². The zero-order valence-electron chi connectivity index (χ0n) is 10.7. The van der Waals surface area contributed by atoms with Crippen LogP contribution in [0.1, 0.15) is 38.3 Å². The summed E-state index contributed by atoms with van der Waals surface area (Å²) >= 11 is 0. The van der Waals surface area contributed by atoms with Crippen molar-refractivity contribution in [2.45, 2.75) is 46.6 Å². The molecule has 0 fully saturated rings. The first-order valence-electron chi connectivity index (χ1n) is 5.81. The molecule has 0 bridgehead atoms. The van der Waals surface area contributed by atoms with Crippen molar-refractivity contribution in [2.24, 2.45) is 11.1 Å². The van der Waals surface area contributed by atoms with Crippen molar-refractivity contribution in [3.05, 3.63) is 35.1 Å². The van der Waals surface area contributed by atoms with Gasteiger partial charge in [-0.2, -0.15) is 0 Å². The van der Waals surface area contributed by atoms with Crippen LogP contribution in [0.4, 0.5) is 4.39 Å². The molecule has 1 atom stereocenters. The molecule has 0 spiro atoms. The minimum absolute atomic E-state index is 0.118. The van der Waals surface area contributed by atoms with Gasteiger partial charge in [0.15, 0.2) is 0 Å². The first-order valence-corrected chi connectivity index (χ1v) is 5.81. The molecule has 0 amide bonds. The molecule has 0 heterocycles. The second-order valence-electron chi connectivity index (χ2n) is 5.59. The lowest BCUT2D eigenvalue weighted by Crippen LogP contribution is -2.27. The number of halogens is 1. The van der Waals surface area contributed by atoms with E-state index in [9.17, 15) is 4.39 Å². The smallest absolute Gasteiger partial charge is 0.123 e. The van der Waals surface area contributed by atoms with E-state index in [0.717, 1.165) is 24.0 Å². The summed E-state index contributed by atoms with van der Waals surface area (Å²) in [6, 6.07) is 5.17. The molecule has 0 aliphatic rings. The van der Waals surface area contributed by atoms with Gasteiger partial charge < -0.3 is 5.73 Å². The van der Waals surface area contributed by atoms with Crippen LogP contribution in [0.5, 0.6) is 0 Å². The molecule has 0 saturated heterocycles. The van der Waals surface area contributed by atoms with Gasteiger partial charge in [0.1, 0.15) is 5.82 Å². The molecule has 1 rings (SSSR count). The molecule has 2 N–H and O–H groups in total. The zero-order valence-corrected chi connectivity index (χ0v) is 10.7. The van der Waals surface area contributed by atoms with E-state index in [-0.39, 0.29) is 17.3 Å². The van der Waals surface area contributed by atoms with Gasteiger partial charge in [-0.05, 0) is 55.4 Å². The molecule has 16 heavy (non-hydrogen) atoms. The summed E-state index contributed by atoms with van der Waals surface area (Å²) in [5, 5.41) is 0. The second kappa shape index (κ2) is 4.96. The van der Waals surface area contributed by atoms with E-state index in [4.69, 9.17) is 5.73 Å². The van der Waals surface area contributed by atoms with Crippen LogP contribution in [0.25, 0.3) is 0 Å². The van der Waals surface area contributed by atoms with Gasteiger partial charge in [0.05, 0.1) is 0 Å². The van der Waals surface area contributed by atoms with Crippen molar-refractivity contribution in [1.29, 1.82) is 0 Å². The SMILES string of the molecule is Cc1ccc(F)cc1CC(C)(C)CC(C)N. The highest BCUT2D eigenvalue weighted by molar-refractivity contribution is 5.27. The number of hydrogen-bond donors (Lipinski definition) is 1. The first kappa shape index (κ1) is 13.2. The Morgan fingerprint density at radius 2 is 2.00 bits per heavy atom. The number of rotatable bonds is 4. The molecule has 1 aromatic rings. The highest BCUT2D eigenvalue weighted by Gasteiger charge is 2.21. The Morgan fingerprint density at radius 3 is 2.56 bits per heavy atom. The van der Waals surface area contributed by atoms with E-state index in [2.05, 4.69) is 13.8 Å². The maximum Gasteiger partial charge on any atom is 0.123 e. The van der Waals surface area contributed by atoms with Crippen molar-refractivity contribution < 1.29 is 4.39 Å². The summed E-state index contributed by atoms with van der Waals surface area (Å²) in [7, 11) is 0. The Hall–Kier alpha value is -0.890. The van der Waals surface area contributed by atoms with Crippen molar-refractivity contribution in [2.75, 3.05) is 0 Å².